The number of hydrogen-bond acceptors (Lipinski definition) is 3. The molecule has 3 N–H and O–H groups in total. The van der Waals surface area contributed by atoms with Gasteiger partial charge in [-0.05, 0) is 17.9 Å². The van der Waals surface area contributed by atoms with E-state index in [1.54, 1.807) is 0 Å². The summed E-state index contributed by atoms with van der Waals surface area (Å²) in [6.45, 7) is 4.94. The van der Waals surface area contributed by atoms with E-state index in [1.807, 2.05) is 30.3 Å². The fraction of sp³-hybridized carbons (Fsp3) is 0.500. The number of carbonyl (C=O) groups excluding carboxylic acids is 1. The first kappa shape index (κ1) is 14.5. The van der Waals surface area contributed by atoms with Gasteiger partial charge in [0.1, 0.15) is 6.61 Å². The molecule has 100 valence electrons. The zero-order valence-corrected chi connectivity index (χ0v) is 11.1. The highest BCUT2D eigenvalue weighted by molar-refractivity contribution is 5.67. The molecule has 4 heteroatoms. The van der Waals surface area contributed by atoms with E-state index in [1.165, 1.54) is 0 Å². The number of hydrogen-bond donors (Lipinski definition) is 2. The Morgan fingerprint density at radius 1 is 1.33 bits per heavy atom. The Morgan fingerprint density at radius 2 is 2.00 bits per heavy atom. The fourth-order valence-corrected chi connectivity index (χ4v) is 1.68. The molecule has 1 aromatic rings. The fourth-order valence-electron chi connectivity index (χ4n) is 1.68. The van der Waals surface area contributed by atoms with Crippen LogP contribution in [0.5, 0.6) is 0 Å². The highest BCUT2D eigenvalue weighted by Crippen LogP contribution is 2.02. The molecule has 1 aromatic carbocycles. The third-order valence-electron chi connectivity index (χ3n) is 2.50. The second-order valence-electron chi connectivity index (χ2n) is 4.83. The maximum absolute atomic E-state index is 11.4. The van der Waals surface area contributed by atoms with Gasteiger partial charge in [-0.2, -0.15) is 0 Å². The number of benzene rings is 1. The average molecular weight is 250 g/mol. The van der Waals surface area contributed by atoms with E-state index in [-0.39, 0.29) is 12.6 Å². The Morgan fingerprint density at radius 3 is 2.61 bits per heavy atom. The lowest BCUT2D eigenvalue weighted by Crippen LogP contribution is -2.38. The summed E-state index contributed by atoms with van der Waals surface area (Å²) in [4.78, 5) is 11.4. The van der Waals surface area contributed by atoms with Crippen molar-refractivity contribution in [3.8, 4) is 0 Å². The van der Waals surface area contributed by atoms with Crippen LogP contribution in [0.3, 0.4) is 0 Å². The van der Waals surface area contributed by atoms with Gasteiger partial charge in [-0.1, -0.05) is 44.2 Å². The van der Waals surface area contributed by atoms with E-state index < -0.39 is 6.09 Å². The summed E-state index contributed by atoms with van der Waals surface area (Å²) in [6.07, 6.45) is 0.469. The number of nitrogens with one attached hydrogen (secondary N) is 1. The number of rotatable bonds is 6. The van der Waals surface area contributed by atoms with Crippen molar-refractivity contribution in [2.24, 2.45) is 11.7 Å². The first-order valence-electron chi connectivity index (χ1n) is 6.28. The molecule has 0 aliphatic heterocycles. The van der Waals surface area contributed by atoms with Gasteiger partial charge in [-0.3, -0.25) is 0 Å². The summed E-state index contributed by atoms with van der Waals surface area (Å²) in [5, 5.41) is 2.67. The molecule has 0 radical (unpaired) electrons. The van der Waals surface area contributed by atoms with Gasteiger partial charge in [0.05, 0.1) is 0 Å². The van der Waals surface area contributed by atoms with Gasteiger partial charge < -0.3 is 15.8 Å². The van der Waals surface area contributed by atoms with Crippen molar-refractivity contribution in [1.29, 1.82) is 0 Å². The van der Waals surface area contributed by atoms with Crippen LogP contribution in [-0.4, -0.2) is 18.7 Å². The van der Waals surface area contributed by atoms with Crippen molar-refractivity contribution in [3.63, 3.8) is 0 Å². The van der Waals surface area contributed by atoms with Crippen LogP contribution >= 0.6 is 0 Å². The highest BCUT2D eigenvalue weighted by atomic mass is 16.5. The van der Waals surface area contributed by atoms with Gasteiger partial charge in [0, 0.05) is 12.6 Å². The minimum absolute atomic E-state index is 0.0192. The summed E-state index contributed by atoms with van der Waals surface area (Å²) >= 11 is 0. The summed E-state index contributed by atoms with van der Waals surface area (Å²) < 4.78 is 5.08. The van der Waals surface area contributed by atoms with E-state index in [0.29, 0.717) is 12.5 Å². The van der Waals surface area contributed by atoms with Crippen molar-refractivity contribution in [3.05, 3.63) is 35.9 Å². The second-order valence-corrected chi connectivity index (χ2v) is 4.83. The van der Waals surface area contributed by atoms with E-state index in [2.05, 4.69) is 19.2 Å². The molecule has 18 heavy (non-hydrogen) atoms. The van der Waals surface area contributed by atoms with Crippen LogP contribution in [-0.2, 0) is 11.3 Å². The summed E-state index contributed by atoms with van der Waals surface area (Å²) in [5.74, 6) is 0.530. The van der Waals surface area contributed by atoms with Gasteiger partial charge in [-0.15, -0.1) is 0 Å². The molecule has 0 aliphatic rings. The molecule has 0 saturated heterocycles. The van der Waals surface area contributed by atoms with Gasteiger partial charge in [0.15, 0.2) is 0 Å². The summed E-state index contributed by atoms with van der Waals surface area (Å²) in [6, 6.07) is 9.56. The molecule has 4 nitrogen and oxygen atoms in total. The maximum atomic E-state index is 11.4. The normalized spacial score (nSPS) is 12.2. The first-order valence-corrected chi connectivity index (χ1v) is 6.28. The monoisotopic (exact) mass is 250 g/mol. The molecule has 1 rings (SSSR count). The van der Waals surface area contributed by atoms with Crippen molar-refractivity contribution in [1.82, 2.24) is 5.32 Å². The third-order valence-corrected chi connectivity index (χ3v) is 2.50. The highest BCUT2D eigenvalue weighted by Gasteiger charge is 2.08. The maximum Gasteiger partial charge on any atom is 0.407 e. The summed E-state index contributed by atoms with van der Waals surface area (Å²) in [7, 11) is 0. The average Bonchev–Trinajstić information content (AvgIpc) is 2.34. The van der Waals surface area contributed by atoms with E-state index in [0.717, 1.165) is 12.0 Å². The van der Waals surface area contributed by atoms with Gasteiger partial charge in [0.25, 0.3) is 0 Å². The molecule has 0 fully saturated rings. The van der Waals surface area contributed by atoms with Crippen LogP contribution < -0.4 is 11.1 Å². The van der Waals surface area contributed by atoms with Crippen LogP contribution in [0.4, 0.5) is 4.79 Å². The molecule has 0 aliphatic carbocycles. The lowest BCUT2D eigenvalue weighted by molar-refractivity contribution is 0.138. The molecular formula is C14H22N2O2. The minimum atomic E-state index is -0.418. The first-order chi connectivity index (χ1) is 8.58. The number of nitrogens with two attached hydrogens (primary N) is 1. The zero-order chi connectivity index (χ0) is 13.4. The molecular weight excluding hydrogens is 228 g/mol. The SMILES string of the molecule is CC(C)C[C@H](N)CNC(=O)OCc1ccccc1. The number of amides is 1. The van der Waals surface area contributed by atoms with E-state index in [9.17, 15) is 4.79 Å². The number of alkyl carbamates (subject to hydrolysis) is 1. The molecule has 0 saturated carbocycles. The van der Waals surface area contributed by atoms with Crippen molar-refractivity contribution in [2.45, 2.75) is 32.9 Å². The number of carbonyl (C=O) groups is 1. The Kier molecular flexibility index (Phi) is 6.22. The van der Waals surface area contributed by atoms with E-state index >= 15 is 0 Å². The van der Waals surface area contributed by atoms with Gasteiger partial charge >= 0.3 is 6.09 Å². The van der Waals surface area contributed by atoms with Gasteiger partial charge in [0.2, 0.25) is 0 Å². The summed E-state index contributed by atoms with van der Waals surface area (Å²) in [5.41, 5.74) is 6.83. The smallest absolute Gasteiger partial charge is 0.407 e. The minimum Gasteiger partial charge on any atom is -0.445 e. The van der Waals surface area contributed by atoms with Crippen molar-refractivity contribution in [2.75, 3.05) is 6.54 Å². The van der Waals surface area contributed by atoms with Crippen LogP contribution in [0.15, 0.2) is 30.3 Å². The van der Waals surface area contributed by atoms with Crippen LogP contribution in [0.1, 0.15) is 25.8 Å². The largest absolute Gasteiger partial charge is 0.445 e. The topological polar surface area (TPSA) is 64.3 Å². The molecule has 0 heterocycles. The molecule has 0 spiro atoms. The quantitative estimate of drug-likeness (QED) is 0.814. The van der Waals surface area contributed by atoms with E-state index in [4.69, 9.17) is 10.5 Å². The molecule has 1 atom stereocenters. The Labute approximate surface area is 109 Å². The second kappa shape index (κ2) is 7.71. The zero-order valence-electron chi connectivity index (χ0n) is 11.1. The van der Waals surface area contributed by atoms with Crippen molar-refractivity contribution >= 4 is 6.09 Å². The predicted octanol–water partition coefficient (Wildman–Crippen LogP) is 2.29. The molecule has 0 bridgehead atoms. The van der Waals surface area contributed by atoms with Crippen LogP contribution in [0.25, 0.3) is 0 Å². The lowest BCUT2D eigenvalue weighted by atomic mass is 10.0. The standard InChI is InChI=1S/C14H22N2O2/c1-11(2)8-13(15)9-16-14(17)18-10-12-6-4-3-5-7-12/h3-7,11,13H,8-10,15H2,1-2H3,(H,16,17)/t13-/m0/s1. The van der Waals surface area contributed by atoms with Crippen molar-refractivity contribution < 1.29 is 9.53 Å². The Balaban J connectivity index is 2.18. The predicted molar refractivity (Wildman–Crippen MR) is 72.1 cm³/mol. The molecule has 1 amide bonds. The van der Waals surface area contributed by atoms with Gasteiger partial charge in [-0.25, -0.2) is 4.79 Å². The number of ether oxygens (including phenoxy) is 1. The lowest BCUT2D eigenvalue weighted by Gasteiger charge is -2.14. The Bertz CT molecular complexity index is 352. The molecule has 0 unspecified atom stereocenters. The van der Waals surface area contributed by atoms with Crippen LogP contribution in [0, 0.1) is 5.92 Å². The third kappa shape index (κ3) is 6.25. The van der Waals surface area contributed by atoms with Crippen LogP contribution in [0.2, 0.25) is 0 Å². The molecule has 0 aromatic heterocycles. The Hall–Kier alpha value is -1.55.